The normalized spacial score (nSPS) is 15.3. The smallest absolute Gasteiger partial charge is 0.0403 e. The van der Waals surface area contributed by atoms with E-state index in [0.29, 0.717) is 0 Å². The zero-order valence-electron chi connectivity index (χ0n) is 12.6. The average Bonchev–Trinajstić information content (AvgIpc) is 3.01. The average molecular weight is 297 g/mol. The molecular weight excluding hydrogens is 274 g/mol. The van der Waals surface area contributed by atoms with E-state index in [1.54, 1.807) is 0 Å². The maximum atomic E-state index is 3.51. The molecule has 110 valence electrons. The number of benzene rings is 2. The third-order valence-corrected chi connectivity index (χ3v) is 5.55. The van der Waals surface area contributed by atoms with Gasteiger partial charge in [0.2, 0.25) is 0 Å². The predicted octanol–water partition coefficient (Wildman–Crippen LogP) is 5.64. The van der Waals surface area contributed by atoms with Crippen molar-refractivity contribution in [2.24, 2.45) is 0 Å². The molecule has 1 aliphatic rings. The first kappa shape index (κ1) is 14.5. The molecule has 2 aromatic carbocycles. The fourth-order valence-corrected chi connectivity index (χ4v) is 4.10. The van der Waals surface area contributed by atoms with Gasteiger partial charge in [-0.1, -0.05) is 37.1 Å². The third-order valence-electron chi connectivity index (χ3n) is 4.20. The van der Waals surface area contributed by atoms with Crippen LogP contribution in [-0.4, -0.2) is 5.25 Å². The molecular formula is C19H23NS. The number of hydrogen-bond donors (Lipinski definition) is 1. The van der Waals surface area contributed by atoms with E-state index in [4.69, 9.17) is 0 Å². The van der Waals surface area contributed by atoms with Crippen LogP contribution >= 0.6 is 11.8 Å². The molecule has 0 atom stereocenters. The van der Waals surface area contributed by atoms with Crippen molar-refractivity contribution in [1.29, 1.82) is 0 Å². The highest BCUT2D eigenvalue weighted by molar-refractivity contribution is 8.00. The Kier molecular flexibility index (Phi) is 4.87. The Morgan fingerprint density at radius 1 is 1.00 bits per heavy atom. The molecule has 1 aliphatic carbocycles. The third kappa shape index (κ3) is 4.04. The monoisotopic (exact) mass is 297 g/mol. The first-order valence-corrected chi connectivity index (χ1v) is 8.74. The fourth-order valence-electron chi connectivity index (χ4n) is 2.86. The van der Waals surface area contributed by atoms with Gasteiger partial charge in [0.15, 0.2) is 0 Å². The molecule has 0 aromatic heterocycles. The van der Waals surface area contributed by atoms with Crippen LogP contribution in [0.2, 0.25) is 0 Å². The minimum atomic E-state index is 0.843. The number of anilines is 1. The van der Waals surface area contributed by atoms with Crippen LogP contribution in [0.15, 0.2) is 53.4 Å². The van der Waals surface area contributed by atoms with E-state index in [1.165, 1.54) is 47.4 Å². The van der Waals surface area contributed by atoms with Gasteiger partial charge < -0.3 is 5.32 Å². The standard InChI is InChI=1S/C19H23NS/c1-15-6-2-3-7-16(15)14-20-17-10-12-19(13-11-17)21-18-8-4-5-9-18/h2-3,6-7,10-13,18,20H,4-5,8-9,14H2,1H3. The molecule has 0 bridgehead atoms. The molecule has 2 heteroatoms. The van der Waals surface area contributed by atoms with Crippen LogP contribution in [0.4, 0.5) is 5.69 Å². The maximum Gasteiger partial charge on any atom is 0.0403 e. The van der Waals surface area contributed by atoms with Crippen molar-refractivity contribution < 1.29 is 0 Å². The van der Waals surface area contributed by atoms with E-state index in [-0.39, 0.29) is 0 Å². The van der Waals surface area contributed by atoms with E-state index in [1.807, 2.05) is 11.8 Å². The molecule has 0 spiro atoms. The van der Waals surface area contributed by atoms with Gasteiger partial charge in [0.25, 0.3) is 0 Å². The van der Waals surface area contributed by atoms with Gasteiger partial charge in [-0.05, 0) is 55.2 Å². The second-order valence-corrected chi connectivity index (χ2v) is 7.20. The van der Waals surface area contributed by atoms with Crippen LogP contribution < -0.4 is 5.32 Å². The van der Waals surface area contributed by atoms with Crippen LogP contribution in [-0.2, 0) is 6.54 Å². The Bertz CT molecular complexity index is 570. The van der Waals surface area contributed by atoms with Crippen molar-refractivity contribution >= 4 is 17.4 Å². The first-order valence-electron chi connectivity index (χ1n) is 7.86. The molecule has 0 amide bonds. The van der Waals surface area contributed by atoms with Gasteiger partial charge >= 0.3 is 0 Å². The van der Waals surface area contributed by atoms with Crippen LogP contribution in [0.25, 0.3) is 0 Å². The lowest BCUT2D eigenvalue weighted by Gasteiger charge is -2.11. The molecule has 0 aliphatic heterocycles. The lowest BCUT2D eigenvalue weighted by Crippen LogP contribution is -2.01. The van der Waals surface area contributed by atoms with Gasteiger partial charge in [0.1, 0.15) is 0 Å². The number of thioether (sulfide) groups is 1. The minimum absolute atomic E-state index is 0.843. The summed E-state index contributed by atoms with van der Waals surface area (Å²) in [6.07, 6.45) is 5.59. The van der Waals surface area contributed by atoms with E-state index < -0.39 is 0 Å². The molecule has 0 unspecified atom stereocenters. The minimum Gasteiger partial charge on any atom is -0.381 e. The Morgan fingerprint density at radius 2 is 1.71 bits per heavy atom. The summed E-state index contributed by atoms with van der Waals surface area (Å²) in [4.78, 5) is 1.41. The molecule has 1 N–H and O–H groups in total. The topological polar surface area (TPSA) is 12.0 Å². The van der Waals surface area contributed by atoms with Gasteiger partial charge in [-0.15, -0.1) is 11.8 Å². The van der Waals surface area contributed by atoms with Crippen molar-refractivity contribution in [3.05, 3.63) is 59.7 Å². The van der Waals surface area contributed by atoms with Crippen LogP contribution in [0.1, 0.15) is 36.8 Å². The molecule has 0 saturated heterocycles. The highest BCUT2D eigenvalue weighted by Gasteiger charge is 2.15. The lowest BCUT2D eigenvalue weighted by molar-refractivity contribution is 0.886. The summed E-state index contributed by atoms with van der Waals surface area (Å²) < 4.78 is 0. The molecule has 1 nitrogen and oxygen atoms in total. The van der Waals surface area contributed by atoms with Gasteiger partial charge in [-0.25, -0.2) is 0 Å². The molecule has 3 rings (SSSR count). The highest BCUT2D eigenvalue weighted by Crippen LogP contribution is 2.34. The van der Waals surface area contributed by atoms with Crippen LogP contribution in [0.5, 0.6) is 0 Å². The largest absolute Gasteiger partial charge is 0.381 e. The molecule has 1 fully saturated rings. The molecule has 0 radical (unpaired) electrons. The predicted molar refractivity (Wildman–Crippen MR) is 93.1 cm³/mol. The number of rotatable bonds is 5. The molecule has 2 aromatic rings. The lowest BCUT2D eigenvalue weighted by atomic mass is 10.1. The van der Waals surface area contributed by atoms with Crippen molar-refractivity contribution in [2.45, 2.75) is 49.3 Å². The number of nitrogens with one attached hydrogen (secondary N) is 1. The summed E-state index contributed by atoms with van der Waals surface area (Å²) in [7, 11) is 0. The molecule has 21 heavy (non-hydrogen) atoms. The zero-order chi connectivity index (χ0) is 14.5. The summed E-state index contributed by atoms with van der Waals surface area (Å²) in [5.74, 6) is 0. The Balaban J connectivity index is 1.55. The molecule has 0 heterocycles. The number of aryl methyl sites for hydroxylation is 1. The van der Waals surface area contributed by atoms with Crippen molar-refractivity contribution in [3.8, 4) is 0 Å². The fraction of sp³-hybridized carbons (Fsp3) is 0.368. The molecule has 1 saturated carbocycles. The van der Waals surface area contributed by atoms with Crippen molar-refractivity contribution in [3.63, 3.8) is 0 Å². The van der Waals surface area contributed by atoms with Crippen LogP contribution in [0.3, 0.4) is 0 Å². The Morgan fingerprint density at radius 3 is 2.43 bits per heavy atom. The second-order valence-electron chi connectivity index (χ2n) is 5.83. The Hall–Kier alpha value is -1.41. The summed E-state index contributed by atoms with van der Waals surface area (Å²) in [6, 6.07) is 17.5. The van der Waals surface area contributed by atoms with Gasteiger partial charge in [0.05, 0.1) is 0 Å². The second kappa shape index (κ2) is 7.04. The quantitative estimate of drug-likeness (QED) is 0.766. The van der Waals surface area contributed by atoms with E-state index in [0.717, 1.165) is 11.8 Å². The van der Waals surface area contributed by atoms with Gasteiger partial charge in [-0.3, -0.25) is 0 Å². The van der Waals surface area contributed by atoms with Crippen molar-refractivity contribution in [2.75, 3.05) is 5.32 Å². The summed E-state index contributed by atoms with van der Waals surface area (Å²) in [5.41, 5.74) is 3.91. The van der Waals surface area contributed by atoms with Crippen molar-refractivity contribution in [1.82, 2.24) is 0 Å². The van der Waals surface area contributed by atoms with Crippen LogP contribution in [0, 0.1) is 6.92 Å². The van der Waals surface area contributed by atoms with Gasteiger partial charge in [-0.2, -0.15) is 0 Å². The summed E-state index contributed by atoms with van der Waals surface area (Å²) in [5, 5.41) is 4.36. The maximum absolute atomic E-state index is 3.51. The first-order chi connectivity index (χ1) is 10.3. The van der Waals surface area contributed by atoms with E-state index in [2.05, 4.69) is 60.8 Å². The Labute approximate surface area is 132 Å². The number of hydrogen-bond acceptors (Lipinski definition) is 2. The summed E-state index contributed by atoms with van der Waals surface area (Å²) >= 11 is 2.05. The zero-order valence-corrected chi connectivity index (χ0v) is 13.5. The van der Waals surface area contributed by atoms with E-state index >= 15 is 0 Å². The summed E-state index contributed by atoms with van der Waals surface area (Å²) in [6.45, 7) is 3.06. The highest BCUT2D eigenvalue weighted by atomic mass is 32.2. The SMILES string of the molecule is Cc1ccccc1CNc1ccc(SC2CCCC2)cc1. The van der Waals surface area contributed by atoms with Gasteiger partial charge in [0, 0.05) is 22.4 Å². The van der Waals surface area contributed by atoms with E-state index in [9.17, 15) is 0 Å².